The summed E-state index contributed by atoms with van der Waals surface area (Å²) < 4.78 is 3.46. The summed E-state index contributed by atoms with van der Waals surface area (Å²) in [5.41, 5.74) is 7.44. The molecule has 1 saturated carbocycles. The number of aromatic nitrogens is 2. The minimum absolute atomic E-state index is 0.0249. The van der Waals surface area contributed by atoms with Crippen LogP contribution >= 0.6 is 11.6 Å². The summed E-state index contributed by atoms with van der Waals surface area (Å²) in [6, 6.07) is 5.71. The molecule has 2 aromatic rings. The normalized spacial score (nSPS) is 14.9. The van der Waals surface area contributed by atoms with E-state index in [9.17, 15) is 4.79 Å². The largest absolute Gasteiger partial charge is 0.398 e. The number of halogens is 1. The molecule has 0 spiro atoms. The van der Waals surface area contributed by atoms with Crippen LogP contribution in [-0.2, 0) is 6.54 Å². The molecule has 3 rings (SSSR count). The molecule has 0 saturated heterocycles. The second-order valence-electron chi connectivity index (χ2n) is 4.69. The number of nitrogens with two attached hydrogens (primary N) is 1. The predicted octanol–water partition coefficient (Wildman–Crippen LogP) is 2.27. The zero-order chi connectivity index (χ0) is 12.7. The van der Waals surface area contributed by atoms with Gasteiger partial charge in [0.15, 0.2) is 0 Å². The smallest absolute Gasteiger partial charge is 0.328 e. The molecule has 4 nitrogen and oxygen atoms in total. The fraction of sp³-hybridized carbons (Fsp3) is 0.308. The number of nitrogen functional groups attached to an aromatic ring is 1. The Kier molecular flexibility index (Phi) is 2.67. The van der Waals surface area contributed by atoms with E-state index in [2.05, 4.69) is 0 Å². The number of benzene rings is 1. The predicted molar refractivity (Wildman–Crippen MR) is 71.9 cm³/mol. The first-order chi connectivity index (χ1) is 8.65. The van der Waals surface area contributed by atoms with Crippen LogP contribution in [0.25, 0.3) is 0 Å². The van der Waals surface area contributed by atoms with Gasteiger partial charge >= 0.3 is 5.69 Å². The van der Waals surface area contributed by atoms with E-state index in [-0.39, 0.29) is 5.69 Å². The average molecular weight is 264 g/mol. The van der Waals surface area contributed by atoms with Crippen LogP contribution in [0.15, 0.2) is 35.4 Å². The Bertz CT molecular complexity index is 640. The first-order valence-electron chi connectivity index (χ1n) is 5.96. The van der Waals surface area contributed by atoms with Crippen LogP contribution in [-0.4, -0.2) is 9.13 Å². The van der Waals surface area contributed by atoms with Crippen molar-refractivity contribution in [2.45, 2.75) is 25.4 Å². The number of hydrogen-bond acceptors (Lipinski definition) is 2. The second kappa shape index (κ2) is 4.21. The minimum atomic E-state index is 0.0249. The highest BCUT2D eigenvalue weighted by Gasteiger charge is 2.25. The quantitative estimate of drug-likeness (QED) is 0.864. The molecule has 0 radical (unpaired) electrons. The maximum atomic E-state index is 12.1. The van der Waals surface area contributed by atoms with Crippen molar-refractivity contribution >= 4 is 17.3 Å². The Morgan fingerprint density at radius 3 is 2.83 bits per heavy atom. The number of hydrogen-bond donors (Lipinski definition) is 1. The van der Waals surface area contributed by atoms with Gasteiger partial charge in [-0.2, -0.15) is 0 Å². The highest BCUT2D eigenvalue weighted by atomic mass is 35.5. The summed E-state index contributed by atoms with van der Waals surface area (Å²) in [7, 11) is 0. The van der Waals surface area contributed by atoms with Gasteiger partial charge in [-0.3, -0.25) is 9.13 Å². The minimum Gasteiger partial charge on any atom is -0.398 e. The molecule has 18 heavy (non-hydrogen) atoms. The standard InChI is InChI=1S/C13H14ClN3O/c14-10-1-4-12(15)9(7-10)8-16-5-6-17(13(16)18)11-2-3-11/h1,4-7,11H,2-3,8,15H2. The van der Waals surface area contributed by atoms with Crippen LogP contribution < -0.4 is 11.4 Å². The highest BCUT2D eigenvalue weighted by molar-refractivity contribution is 6.30. The average Bonchev–Trinajstić information content (AvgIpc) is 3.11. The van der Waals surface area contributed by atoms with Gasteiger partial charge in [-0.05, 0) is 36.6 Å². The summed E-state index contributed by atoms with van der Waals surface area (Å²) in [6.07, 6.45) is 5.86. The third-order valence-electron chi connectivity index (χ3n) is 3.26. The van der Waals surface area contributed by atoms with Crippen molar-refractivity contribution in [2.75, 3.05) is 5.73 Å². The molecule has 0 aliphatic heterocycles. The van der Waals surface area contributed by atoms with Crippen LogP contribution in [0, 0.1) is 0 Å². The van der Waals surface area contributed by atoms with Crippen molar-refractivity contribution in [1.29, 1.82) is 0 Å². The van der Waals surface area contributed by atoms with E-state index in [1.165, 1.54) is 0 Å². The number of anilines is 1. The molecular formula is C13H14ClN3O. The number of rotatable bonds is 3. The molecule has 1 heterocycles. The molecule has 2 N–H and O–H groups in total. The van der Waals surface area contributed by atoms with E-state index >= 15 is 0 Å². The van der Waals surface area contributed by atoms with Gasteiger partial charge in [0.1, 0.15) is 0 Å². The van der Waals surface area contributed by atoms with Gasteiger partial charge in [-0.15, -0.1) is 0 Å². The summed E-state index contributed by atoms with van der Waals surface area (Å²) in [5.74, 6) is 0. The fourth-order valence-electron chi connectivity index (χ4n) is 2.07. The molecule has 0 atom stereocenters. The van der Waals surface area contributed by atoms with Crippen molar-refractivity contribution in [3.8, 4) is 0 Å². The van der Waals surface area contributed by atoms with E-state index < -0.39 is 0 Å². The molecule has 1 aromatic carbocycles. The molecule has 1 aromatic heterocycles. The second-order valence-corrected chi connectivity index (χ2v) is 5.13. The Balaban J connectivity index is 1.92. The lowest BCUT2D eigenvalue weighted by Crippen LogP contribution is -2.24. The topological polar surface area (TPSA) is 52.9 Å². The molecule has 1 aliphatic carbocycles. The summed E-state index contributed by atoms with van der Waals surface area (Å²) in [5, 5.41) is 0.633. The molecule has 0 amide bonds. The van der Waals surface area contributed by atoms with Crippen LogP contribution in [0.1, 0.15) is 24.4 Å². The Labute approximate surface area is 110 Å². The molecule has 1 fully saturated rings. The van der Waals surface area contributed by atoms with Gasteiger partial charge in [0.25, 0.3) is 0 Å². The summed E-state index contributed by atoms with van der Waals surface area (Å²) >= 11 is 5.94. The van der Waals surface area contributed by atoms with Gasteiger partial charge < -0.3 is 5.73 Å². The molecule has 1 aliphatic rings. The van der Waals surface area contributed by atoms with Crippen LogP contribution in [0.5, 0.6) is 0 Å². The Morgan fingerprint density at radius 1 is 1.33 bits per heavy atom. The Morgan fingerprint density at radius 2 is 2.11 bits per heavy atom. The van der Waals surface area contributed by atoms with Gasteiger partial charge in [0.2, 0.25) is 0 Å². The maximum absolute atomic E-state index is 12.1. The fourth-order valence-corrected chi connectivity index (χ4v) is 2.27. The lowest BCUT2D eigenvalue weighted by Gasteiger charge is -2.06. The molecule has 0 bridgehead atoms. The molecule has 94 valence electrons. The van der Waals surface area contributed by atoms with Crippen LogP contribution in [0.4, 0.5) is 5.69 Å². The van der Waals surface area contributed by atoms with Crippen molar-refractivity contribution in [3.05, 3.63) is 51.7 Å². The molecule has 0 unspecified atom stereocenters. The third kappa shape index (κ3) is 2.04. The monoisotopic (exact) mass is 263 g/mol. The van der Waals surface area contributed by atoms with Crippen molar-refractivity contribution in [3.63, 3.8) is 0 Å². The third-order valence-corrected chi connectivity index (χ3v) is 3.49. The van der Waals surface area contributed by atoms with E-state index in [0.29, 0.717) is 23.3 Å². The zero-order valence-electron chi connectivity index (χ0n) is 9.84. The number of imidazole rings is 1. The van der Waals surface area contributed by atoms with E-state index in [0.717, 1.165) is 18.4 Å². The van der Waals surface area contributed by atoms with Crippen molar-refractivity contribution in [1.82, 2.24) is 9.13 Å². The van der Waals surface area contributed by atoms with Crippen LogP contribution in [0.3, 0.4) is 0 Å². The summed E-state index contributed by atoms with van der Waals surface area (Å²) in [6.45, 7) is 0.463. The number of nitrogens with zero attached hydrogens (tertiary/aromatic N) is 2. The van der Waals surface area contributed by atoms with Gasteiger partial charge in [-0.1, -0.05) is 11.6 Å². The first-order valence-corrected chi connectivity index (χ1v) is 6.34. The van der Waals surface area contributed by atoms with E-state index in [1.807, 2.05) is 6.20 Å². The first kappa shape index (κ1) is 11.4. The van der Waals surface area contributed by atoms with Gasteiger partial charge in [0, 0.05) is 29.1 Å². The van der Waals surface area contributed by atoms with Crippen LogP contribution in [0.2, 0.25) is 5.02 Å². The van der Waals surface area contributed by atoms with Crippen molar-refractivity contribution in [2.24, 2.45) is 0 Å². The highest BCUT2D eigenvalue weighted by Crippen LogP contribution is 2.33. The van der Waals surface area contributed by atoms with E-state index in [1.54, 1.807) is 33.5 Å². The van der Waals surface area contributed by atoms with Crippen molar-refractivity contribution < 1.29 is 0 Å². The lowest BCUT2D eigenvalue weighted by atomic mass is 10.2. The lowest BCUT2D eigenvalue weighted by molar-refractivity contribution is 0.657. The SMILES string of the molecule is Nc1ccc(Cl)cc1Cn1ccn(C2CC2)c1=O. The van der Waals surface area contributed by atoms with E-state index in [4.69, 9.17) is 17.3 Å². The maximum Gasteiger partial charge on any atom is 0.328 e. The van der Waals surface area contributed by atoms with Gasteiger partial charge in [-0.25, -0.2) is 4.79 Å². The molecule has 5 heteroatoms. The Hall–Kier alpha value is -1.68. The molecular weight excluding hydrogens is 250 g/mol. The van der Waals surface area contributed by atoms with Gasteiger partial charge in [0.05, 0.1) is 6.54 Å². The summed E-state index contributed by atoms with van der Waals surface area (Å²) in [4.78, 5) is 12.1. The zero-order valence-corrected chi connectivity index (χ0v) is 10.6.